The van der Waals surface area contributed by atoms with Gasteiger partial charge in [0.15, 0.2) is 16.7 Å². The highest BCUT2D eigenvalue weighted by atomic mass is 79.9. The van der Waals surface area contributed by atoms with Crippen LogP contribution in [0.1, 0.15) is 28.4 Å². The van der Waals surface area contributed by atoms with Crippen molar-refractivity contribution < 1.29 is 24.2 Å². The first-order valence-electron chi connectivity index (χ1n) is 11.2. The number of nitrogens with zero attached hydrogens (tertiary/aromatic N) is 2. The zero-order valence-electron chi connectivity index (χ0n) is 19.9. The van der Waals surface area contributed by atoms with Gasteiger partial charge in [0, 0.05) is 11.0 Å². The van der Waals surface area contributed by atoms with Gasteiger partial charge in [0.05, 0.1) is 27.7 Å². The zero-order chi connectivity index (χ0) is 26.5. The van der Waals surface area contributed by atoms with Crippen LogP contribution in [0.2, 0.25) is 0 Å². The highest BCUT2D eigenvalue weighted by Gasteiger charge is 2.32. The largest absolute Gasteiger partial charge is 0.493 e. The van der Waals surface area contributed by atoms with E-state index in [1.165, 1.54) is 23.9 Å². The molecule has 1 N–H and O–H groups in total. The number of carboxylic acids is 1. The van der Waals surface area contributed by atoms with E-state index in [4.69, 9.17) is 14.6 Å². The van der Waals surface area contributed by atoms with Crippen molar-refractivity contribution in [2.45, 2.75) is 13.5 Å². The maximum absolute atomic E-state index is 13.1. The lowest BCUT2D eigenvalue weighted by atomic mass is 10.1. The first-order chi connectivity index (χ1) is 17.8. The Hall–Kier alpha value is -3.08. The van der Waals surface area contributed by atoms with Gasteiger partial charge in [0.2, 0.25) is 0 Å². The summed E-state index contributed by atoms with van der Waals surface area (Å²) in [6.45, 7) is 2.70. The molecule has 1 amide bonds. The Kier molecular flexibility index (Phi) is 8.73. The van der Waals surface area contributed by atoms with Crippen LogP contribution in [-0.4, -0.2) is 40.7 Å². The number of benzene rings is 3. The van der Waals surface area contributed by atoms with Crippen LogP contribution in [0.5, 0.6) is 11.5 Å². The minimum absolute atomic E-state index is 0.154. The predicted molar refractivity (Wildman–Crippen MR) is 153 cm³/mol. The summed E-state index contributed by atoms with van der Waals surface area (Å²) in [6.07, 6.45) is 1.79. The van der Waals surface area contributed by atoms with Crippen molar-refractivity contribution >= 4 is 72.4 Å². The molecular formula is C27H22Br2N2O5S. The lowest BCUT2D eigenvalue weighted by Crippen LogP contribution is -2.28. The standard InChI is InChI=1S/C27H22Br2N2O5S/c1-3-31-25(32)23(37-27(31)30-20-10-6-18(7-11-20)26(33)34)14-17-12-21(29)24(22(13-17)35-2)36-15-16-4-8-19(28)9-5-16/h4-14H,3,15H2,1-2H3,(H,33,34)/b23-14+,30-27?. The van der Waals surface area contributed by atoms with Crippen LogP contribution >= 0.6 is 43.6 Å². The second kappa shape index (κ2) is 12.0. The molecule has 0 unspecified atom stereocenters. The van der Waals surface area contributed by atoms with Crippen molar-refractivity contribution in [2.75, 3.05) is 13.7 Å². The van der Waals surface area contributed by atoms with Crippen LogP contribution in [0.4, 0.5) is 5.69 Å². The molecule has 1 heterocycles. The zero-order valence-corrected chi connectivity index (χ0v) is 23.9. The Morgan fingerprint density at radius 1 is 1.11 bits per heavy atom. The third-order valence-corrected chi connectivity index (χ3v) is 7.51. The van der Waals surface area contributed by atoms with Crippen molar-refractivity contribution in [3.05, 3.63) is 91.2 Å². The quantitative estimate of drug-likeness (QED) is 0.263. The van der Waals surface area contributed by atoms with Crippen LogP contribution in [0.3, 0.4) is 0 Å². The molecule has 10 heteroatoms. The molecule has 1 aliphatic heterocycles. The highest BCUT2D eigenvalue weighted by molar-refractivity contribution is 9.10. The molecule has 0 spiro atoms. The number of aliphatic imine (C=N–C) groups is 1. The molecule has 1 aliphatic rings. The van der Waals surface area contributed by atoms with Gasteiger partial charge in [-0.1, -0.05) is 28.1 Å². The number of ether oxygens (including phenoxy) is 2. The number of rotatable bonds is 8. The number of carbonyl (C=O) groups is 2. The van der Waals surface area contributed by atoms with Gasteiger partial charge in [-0.15, -0.1) is 0 Å². The van der Waals surface area contributed by atoms with E-state index in [1.54, 1.807) is 30.2 Å². The summed E-state index contributed by atoms with van der Waals surface area (Å²) in [7, 11) is 1.57. The number of carbonyl (C=O) groups excluding carboxylic acids is 1. The molecule has 37 heavy (non-hydrogen) atoms. The molecule has 0 radical (unpaired) electrons. The number of thioether (sulfide) groups is 1. The molecule has 0 atom stereocenters. The molecule has 7 nitrogen and oxygen atoms in total. The average Bonchev–Trinajstić information content (AvgIpc) is 3.17. The number of carboxylic acid groups (broad SMARTS) is 1. The number of hydrogen-bond acceptors (Lipinski definition) is 6. The summed E-state index contributed by atoms with van der Waals surface area (Å²) in [5.74, 6) is -0.0517. The molecular weight excluding hydrogens is 624 g/mol. The molecule has 1 fully saturated rings. The summed E-state index contributed by atoms with van der Waals surface area (Å²) in [4.78, 5) is 30.8. The molecule has 0 bridgehead atoms. The van der Waals surface area contributed by atoms with Gasteiger partial charge in [-0.05, 0) is 100 Å². The SMILES string of the molecule is CCN1C(=O)/C(=C\c2cc(Br)c(OCc3ccc(Br)cc3)c(OC)c2)SC1=Nc1ccc(C(=O)O)cc1. The second-order valence-electron chi connectivity index (χ2n) is 7.86. The molecule has 3 aromatic rings. The smallest absolute Gasteiger partial charge is 0.335 e. The van der Waals surface area contributed by atoms with Crippen LogP contribution in [0.25, 0.3) is 6.08 Å². The first-order valence-corrected chi connectivity index (χ1v) is 13.6. The molecule has 190 valence electrons. The Bertz CT molecular complexity index is 1390. The van der Waals surface area contributed by atoms with E-state index < -0.39 is 5.97 Å². The fourth-order valence-corrected chi connectivity index (χ4v) is 5.41. The lowest BCUT2D eigenvalue weighted by Gasteiger charge is -2.14. The van der Waals surface area contributed by atoms with E-state index in [-0.39, 0.29) is 11.5 Å². The Morgan fingerprint density at radius 2 is 1.81 bits per heavy atom. The van der Waals surface area contributed by atoms with Crippen LogP contribution in [0.15, 0.2) is 79.5 Å². The number of amides is 1. The van der Waals surface area contributed by atoms with Gasteiger partial charge in [-0.2, -0.15) is 0 Å². The fraction of sp³-hybridized carbons (Fsp3) is 0.148. The Labute approximate surface area is 235 Å². The van der Waals surface area contributed by atoms with Crippen LogP contribution in [0, 0.1) is 0 Å². The summed E-state index contributed by atoms with van der Waals surface area (Å²) >= 11 is 8.27. The summed E-state index contributed by atoms with van der Waals surface area (Å²) in [6, 6.07) is 17.8. The van der Waals surface area contributed by atoms with Crippen molar-refractivity contribution in [3.63, 3.8) is 0 Å². The maximum Gasteiger partial charge on any atom is 0.335 e. The van der Waals surface area contributed by atoms with Gasteiger partial charge in [0.25, 0.3) is 5.91 Å². The number of methoxy groups -OCH3 is 1. The van der Waals surface area contributed by atoms with Crippen molar-refractivity contribution in [3.8, 4) is 11.5 Å². The van der Waals surface area contributed by atoms with E-state index >= 15 is 0 Å². The van der Waals surface area contributed by atoms with E-state index in [9.17, 15) is 9.59 Å². The number of hydrogen-bond donors (Lipinski definition) is 1. The number of aromatic carboxylic acids is 1. The van der Waals surface area contributed by atoms with Crippen molar-refractivity contribution in [1.29, 1.82) is 0 Å². The van der Waals surface area contributed by atoms with Crippen molar-refractivity contribution in [1.82, 2.24) is 4.90 Å². The number of amidine groups is 1. The molecule has 0 saturated carbocycles. The molecule has 0 aliphatic carbocycles. The van der Waals surface area contributed by atoms with E-state index in [1.807, 2.05) is 43.3 Å². The third kappa shape index (κ3) is 6.44. The molecule has 3 aromatic carbocycles. The van der Waals surface area contributed by atoms with Gasteiger partial charge >= 0.3 is 5.97 Å². The lowest BCUT2D eigenvalue weighted by molar-refractivity contribution is -0.122. The van der Waals surface area contributed by atoms with Gasteiger partial charge in [-0.3, -0.25) is 9.69 Å². The first kappa shape index (κ1) is 27.0. The molecule has 4 rings (SSSR count). The molecule has 1 saturated heterocycles. The summed E-state index contributed by atoms with van der Waals surface area (Å²) in [5, 5.41) is 9.62. The Morgan fingerprint density at radius 3 is 2.43 bits per heavy atom. The average molecular weight is 646 g/mol. The van der Waals surface area contributed by atoms with Crippen LogP contribution in [-0.2, 0) is 11.4 Å². The minimum atomic E-state index is -1.00. The number of likely N-dealkylation sites (N-methyl/N-ethyl adjacent to an activating group) is 1. The minimum Gasteiger partial charge on any atom is -0.493 e. The second-order valence-corrected chi connectivity index (χ2v) is 10.6. The maximum atomic E-state index is 13.1. The topological polar surface area (TPSA) is 88.4 Å². The normalized spacial score (nSPS) is 15.5. The monoisotopic (exact) mass is 644 g/mol. The van der Waals surface area contributed by atoms with Gasteiger partial charge < -0.3 is 14.6 Å². The number of halogens is 2. The van der Waals surface area contributed by atoms with E-state index in [0.29, 0.717) is 44.9 Å². The predicted octanol–water partition coefficient (Wildman–Crippen LogP) is 7.12. The summed E-state index contributed by atoms with van der Waals surface area (Å²) in [5.41, 5.74) is 2.52. The highest BCUT2D eigenvalue weighted by Crippen LogP contribution is 2.40. The van der Waals surface area contributed by atoms with E-state index in [2.05, 4.69) is 36.9 Å². The van der Waals surface area contributed by atoms with E-state index in [0.717, 1.165) is 15.6 Å². The summed E-state index contributed by atoms with van der Waals surface area (Å²) < 4.78 is 13.3. The van der Waals surface area contributed by atoms with Gasteiger partial charge in [0.1, 0.15) is 6.61 Å². The Balaban J connectivity index is 1.57. The van der Waals surface area contributed by atoms with Gasteiger partial charge in [-0.25, -0.2) is 9.79 Å². The molecule has 0 aromatic heterocycles. The fourth-order valence-electron chi connectivity index (χ4n) is 3.51. The third-order valence-electron chi connectivity index (χ3n) is 5.39. The van der Waals surface area contributed by atoms with Crippen LogP contribution < -0.4 is 9.47 Å². The van der Waals surface area contributed by atoms with Crippen molar-refractivity contribution in [2.24, 2.45) is 4.99 Å².